The molecule has 0 radical (unpaired) electrons. The van der Waals surface area contributed by atoms with Crippen molar-refractivity contribution >= 4 is 22.2 Å². The van der Waals surface area contributed by atoms with Crippen LogP contribution in [0.2, 0.25) is 0 Å². The second-order valence-corrected chi connectivity index (χ2v) is 7.13. The van der Waals surface area contributed by atoms with Crippen LogP contribution in [0.15, 0.2) is 24.3 Å². The molecule has 3 rings (SSSR count). The Morgan fingerprint density at radius 3 is 2.83 bits per heavy atom. The number of carbonyl (C=O) groups excluding carboxylic acids is 1. The number of rotatable bonds is 5. The Kier molecular flexibility index (Phi) is 4.93. The molecule has 1 heterocycles. The Morgan fingerprint density at radius 1 is 1.38 bits per heavy atom. The van der Waals surface area contributed by atoms with Crippen LogP contribution in [0.5, 0.6) is 0 Å². The zero-order chi connectivity index (χ0) is 17.1. The number of carbonyl (C=O) groups is 1. The number of hydrogen-bond donors (Lipinski definition) is 1. The molecule has 1 aliphatic rings. The molecule has 2 aromatic rings. The lowest BCUT2D eigenvalue weighted by molar-refractivity contribution is -0.117. The first-order valence-electron chi connectivity index (χ1n) is 7.84. The molecule has 1 amide bonds. The number of anilines is 1. The molecule has 0 atom stereocenters. The number of halogens is 1. The van der Waals surface area contributed by atoms with E-state index >= 15 is 0 Å². The van der Waals surface area contributed by atoms with Gasteiger partial charge in [-0.05, 0) is 49.6 Å². The molecule has 0 bridgehead atoms. The van der Waals surface area contributed by atoms with Gasteiger partial charge in [-0.3, -0.25) is 9.69 Å². The number of nitrogens with one attached hydrogen (secondary N) is 1. The molecule has 1 aliphatic carbocycles. The highest BCUT2D eigenvalue weighted by atomic mass is 32.1. The standard InChI is InChI=1S/C18H18FN3OS/c1-22(10-12-5-7-13(19)8-6-12)11-17(23)21-18-15(9-20)14-3-2-4-16(14)24-18/h5-8H,2-4,10-11H2,1H3,(H,21,23). The summed E-state index contributed by atoms with van der Waals surface area (Å²) < 4.78 is 12.9. The summed E-state index contributed by atoms with van der Waals surface area (Å²) in [5.41, 5.74) is 2.68. The number of amides is 1. The van der Waals surface area contributed by atoms with Gasteiger partial charge in [0.05, 0.1) is 12.1 Å². The molecule has 1 N–H and O–H groups in total. The van der Waals surface area contributed by atoms with Crippen molar-refractivity contribution in [1.82, 2.24) is 4.90 Å². The minimum Gasteiger partial charge on any atom is -0.315 e. The van der Waals surface area contributed by atoms with Gasteiger partial charge in [-0.25, -0.2) is 4.39 Å². The number of fused-ring (bicyclic) bond motifs is 1. The van der Waals surface area contributed by atoms with Crippen LogP contribution in [0, 0.1) is 17.1 Å². The molecule has 6 heteroatoms. The summed E-state index contributed by atoms with van der Waals surface area (Å²) >= 11 is 1.52. The maximum Gasteiger partial charge on any atom is 0.239 e. The van der Waals surface area contributed by atoms with Crippen LogP contribution in [0.3, 0.4) is 0 Å². The van der Waals surface area contributed by atoms with Gasteiger partial charge in [0.1, 0.15) is 16.9 Å². The predicted octanol–water partition coefficient (Wildman–Crippen LogP) is 3.32. The fourth-order valence-electron chi connectivity index (χ4n) is 2.98. The molecule has 124 valence electrons. The van der Waals surface area contributed by atoms with E-state index in [2.05, 4.69) is 11.4 Å². The normalized spacial score (nSPS) is 12.9. The third-order valence-corrected chi connectivity index (χ3v) is 5.27. The van der Waals surface area contributed by atoms with Gasteiger partial charge in [0.2, 0.25) is 5.91 Å². The van der Waals surface area contributed by atoms with Crippen molar-refractivity contribution in [2.24, 2.45) is 0 Å². The van der Waals surface area contributed by atoms with Crippen LogP contribution in [-0.2, 0) is 24.2 Å². The fraction of sp³-hybridized carbons (Fsp3) is 0.333. The van der Waals surface area contributed by atoms with Gasteiger partial charge >= 0.3 is 0 Å². The maximum atomic E-state index is 12.9. The molecular formula is C18H18FN3OS. The van der Waals surface area contributed by atoms with Gasteiger partial charge in [0.25, 0.3) is 0 Å². The van der Waals surface area contributed by atoms with Gasteiger partial charge < -0.3 is 5.32 Å². The summed E-state index contributed by atoms with van der Waals surface area (Å²) in [5, 5.41) is 12.9. The number of thiophene rings is 1. The van der Waals surface area contributed by atoms with E-state index < -0.39 is 0 Å². The first-order chi connectivity index (χ1) is 11.6. The van der Waals surface area contributed by atoms with E-state index in [1.807, 2.05) is 11.9 Å². The number of hydrogen-bond acceptors (Lipinski definition) is 4. The lowest BCUT2D eigenvalue weighted by Crippen LogP contribution is -2.29. The Hall–Kier alpha value is -2.23. The molecule has 24 heavy (non-hydrogen) atoms. The van der Waals surface area contributed by atoms with E-state index in [4.69, 9.17) is 0 Å². The lowest BCUT2D eigenvalue weighted by Gasteiger charge is -2.16. The molecule has 0 aliphatic heterocycles. The van der Waals surface area contributed by atoms with Crippen molar-refractivity contribution in [3.63, 3.8) is 0 Å². The molecule has 0 saturated heterocycles. The molecule has 0 spiro atoms. The fourth-order valence-corrected chi connectivity index (χ4v) is 4.24. The van der Waals surface area contributed by atoms with Crippen molar-refractivity contribution in [3.8, 4) is 6.07 Å². The molecule has 4 nitrogen and oxygen atoms in total. The second kappa shape index (κ2) is 7.12. The van der Waals surface area contributed by atoms with E-state index in [1.54, 1.807) is 12.1 Å². The number of aryl methyl sites for hydroxylation is 1. The third kappa shape index (κ3) is 3.64. The average molecular weight is 343 g/mol. The number of nitriles is 1. The summed E-state index contributed by atoms with van der Waals surface area (Å²) in [4.78, 5) is 15.3. The topological polar surface area (TPSA) is 56.1 Å². The van der Waals surface area contributed by atoms with E-state index in [0.717, 1.165) is 30.4 Å². The highest BCUT2D eigenvalue weighted by Crippen LogP contribution is 2.38. The van der Waals surface area contributed by atoms with Gasteiger partial charge in [-0.15, -0.1) is 11.3 Å². The molecule has 0 fully saturated rings. The van der Waals surface area contributed by atoms with Crippen molar-refractivity contribution in [1.29, 1.82) is 5.26 Å². The minimum atomic E-state index is -0.270. The van der Waals surface area contributed by atoms with Gasteiger partial charge in [-0.1, -0.05) is 12.1 Å². The Morgan fingerprint density at radius 2 is 2.12 bits per heavy atom. The predicted molar refractivity (Wildman–Crippen MR) is 92.4 cm³/mol. The second-order valence-electron chi connectivity index (χ2n) is 6.02. The molecule has 0 saturated carbocycles. The van der Waals surface area contributed by atoms with Crippen LogP contribution in [0.4, 0.5) is 9.39 Å². The zero-order valence-corrected chi connectivity index (χ0v) is 14.3. The molecule has 1 aromatic carbocycles. The number of likely N-dealkylation sites (N-methyl/N-ethyl adjacent to an activating group) is 1. The Bertz CT molecular complexity index is 792. The first kappa shape index (κ1) is 16.6. The van der Waals surface area contributed by atoms with Gasteiger partial charge in [0, 0.05) is 11.4 Å². The van der Waals surface area contributed by atoms with Crippen molar-refractivity contribution in [2.75, 3.05) is 18.9 Å². The quantitative estimate of drug-likeness (QED) is 0.906. The minimum absolute atomic E-state index is 0.143. The van der Waals surface area contributed by atoms with E-state index in [9.17, 15) is 14.4 Å². The van der Waals surface area contributed by atoms with Gasteiger partial charge in [-0.2, -0.15) is 5.26 Å². The smallest absolute Gasteiger partial charge is 0.239 e. The Balaban J connectivity index is 1.60. The summed E-state index contributed by atoms with van der Waals surface area (Å²) in [6.07, 6.45) is 3.01. The highest BCUT2D eigenvalue weighted by molar-refractivity contribution is 7.16. The highest BCUT2D eigenvalue weighted by Gasteiger charge is 2.23. The lowest BCUT2D eigenvalue weighted by atomic mass is 10.1. The Labute approximate surface area is 144 Å². The van der Waals surface area contributed by atoms with E-state index in [1.165, 1.54) is 28.3 Å². The zero-order valence-electron chi connectivity index (χ0n) is 13.4. The van der Waals surface area contributed by atoms with Crippen LogP contribution in [0.25, 0.3) is 0 Å². The van der Waals surface area contributed by atoms with Crippen LogP contribution in [-0.4, -0.2) is 24.4 Å². The number of benzene rings is 1. The van der Waals surface area contributed by atoms with Gasteiger partial charge in [0.15, 0.2) is 0 Å². The van der Waals surface area contributed by atoms with Crippen LogP contribution < -0.4 is 5.32 Å². The molecular weight excluding hydrogens is 325 g/mol. The van der Waals surface area contributed by atoms with Crippen LogP contribution >= 0.6 is 11.3 Å². The summed E-state index contributed by atoms with van der Waals surface area (Å²) in [6.45, 7) is 0.768. The van der Waals surface area contributed by atoms with E-state index in [-0.39, 0.29) is 18.3 Å². The summed E-state index contributed by atoms with van der Waals surface area (Å²) in [5.74, 6) is -0.412. The average Bonchev–Trinajstić information content (AvgIpc) is 3.09. The molecule has 1 aromatic heterocycles. The summed E-state index contributed by atoms with van der Waals surface area (Å²) in [6, 6.07) is 8.47. The van der Waals surface area contributed by atoms with Crippen molar-refractivity contribution in [3.05, 3.63) is 51.7 Å². The third-order valence-electron chi connectivity index (χ3n) is 4.07. The monoisotopic (exact) mass is 343 g/mol. The van der Waals surface area contributed by atoms with E-state index in [0.29, 0.717) is 17.1 Å². The van der Waals surface area contributed by atoms with Crippen molar-refractivity contribution < 1.29 is 9.18 Å². The number of nitrogens with zero attached hydrogens (tertiary/aromatic N) is 2. The SMILES string of the molecule is CN(CC(=O)Nc1sc2c(c1C#N)CCC2)Cc1ccc(F)cc1. The first-order valence-corrected chi connectivity index (χ1v) is 8.66. The molecule has 0 unspecified atom stereocenters. The van der Waals surface area contributed by atoms with Crippen LogP contribution in [0.1, 0.15) is 28.0 Å². The summed E-state index contributed by atoms with van der Waals surface area (Å²) in [7, 11) is 1.84. The van der Waals surface area contributed by atoms with Crippen molar-refractivity contribution in [2.45, 2.75) is 25.8 Å². The maximum absolute atomic E-state index is 12.9. The largest absolute Gasteiger partial charge is 0.315 e.